The lowest BCUT2D eigenvalue weighted by Gasteiger charge is -2.35. The number of carbonyl (C=O) groups excluding carboxylic acids is 1. The Bertz CT molecular complexity index is 671. The highest BCUT2D eigenvalue weighted by atomic mass is 16.5. The fourth-order valence-electron chi connectivity index (χ4n) is 4.12. The second-order valence-electron chi connectivity index (χ2n) is 7.35. The van der Waals surface area contributed by atoms with Gasteiger partial charge < -0.3 is 14.2 Å². The molecule has 0 aromatic carbocycles. The van der Waals surface area contributed by atoms with Crippen molar-refractivity contribution in [1.29, 1.82) is 0 Å². The summed E-state index contributed by atoms with van der Waals surface area (Å²) in [5.74, 6) is 1.43. The molecule has 0 spiro atoms. The molecule has 1 fully saturated rings. The van der Waals surface area contributed by atoms with E-state index in [1.165, 1.54) is 30.1 Å². The van der Waals surface area contributed by atoms with Crippen molar-refractivity contribution in [3.8, 4) is 0 Å². The molecule has 3 aliphatic heterocycles. The summed E-state index contributed by atoms with van der Waals surface area (Å²) in [6.07, 6.45) is 7.09. The van der Waals surface area contributed by atoms with Crippen molar-refractivity contribution >= 4 is 5.91 Å². The van der Waals surface area contributed by atoms with Crippen LogP contribution in [0.2, 0.25) is 0 Å². The van der Waals surface area contributed by atoms with Gasteiger partial charge in [-0.05, 0) is 32.6 Å². The lowest BCUT2D eigenvalue weighted by Crippen LogP contribution is -2.49. The van der Waals surface area contributed by atoms with Crippen molar-refractivity contribution in [2.75, 3.05) is 32.8 Å². The Kier molecular flexibility index (Phi) is 4.79. The van der Waals surface area contributed by atoms with E-state index < -0.39 is 0 Å². The topological polar surface area (TPSA) is 50.6 Å². The normalized spacial score (nSPS) is 21.5. The lowest BCUT2D eigenvalue weighted by atomic mass is 10.1. The first-order chi connectivity index (χ1) is 12.2. The molecule has 1 aromatic rings. The van der Waals surface area contributed by atoms with Crippen LogP contribution in [0.1, 0.15) is 42.9 Å². The van der Waals surface area contributed by atoms with Gasteiger partial charge in [0.15, 0.2) is 0 Å². The number of hydrogen-bond acceptors (Lipinski definition) is 4. The maximum Gasteiger partial charge on any atom is 0.252 e. The maximum absolute atomic E-state index is 12.6. The molecule has 3 aliphatic rings. The van der Waals surface area contributed by atoms with E-state index >= 15 is 0 Å². The van der Waals surface area contributed by atoms with E-state index in [1.54, 1.807) is 6.26 Å². The van der Waals surface area contributed by atoms with Crippen molar-refractivity contribution < 1.29 is 9.53 Å². The highest BCUT2D eigenvalue weighted by Crippen LogP contribution is 2.22. The molecule has 1 amide bonds. The fraction of sp³-hybridized carbons (Fsp3) is 0.684. The second kappa shape index (κ2) is 7.20. The van der Waals surface area contributed by atoms with Crippen molar-refractivity contribution in [2.45, 2.75) is 52.1 Å². The molecule has 4 rings (SSSR count). The van der Waals surface area contributed by atoms with Crippen molar-refractivity contribution in [3.05, 3.63) is 29.0 Å². The molecule has 25 heavy (non-hydrogen) atoms. The lowest BCUT2D eigenvalue weighted by molar-refractivity contribution is -0.129. The van der Waals surface area contributed by atoms with Crippen LogP contribution in [-0.2, 0) is 29.0 Å². The highest BCUT2D eigenvalue weighted by molar-refractivity contribution is 5.93. The number of carbonyl (C=O) groups is 1. The van der Waals surface area contributed by atoms with Crippen LogP contribution in [0.15, 0.2) is 11.8 Å². The van der Waals surface area contributed by atoms with Gasteiger partial charge >= 0.3 is 0 Å². The van der Waals surface area contributed by atoms with Crippen LogP contribution in [0.5, 0.6) is 0 Å². The molecule has 1 aromatic heterocycles. The third-order valence-corrected chi connectivity index (χ3v) is 5.63. The predicted molar refractivity (Wildman–Crippen MR) is 95.0 cm³/mol. The fourth-order valence-corrected chi connectivity index (χ4v) is 4.12. The van der Waals surface area contributed by atoms with E-state index in [4.69, 9.17) is 9.72 Å². The van der Waals surface area contributed by atoms with Crippen molar-refractivity contribution in [2.24, 2.45) is 0 Å². The summed E-state index contributed by atoms with van der Waals surface area (Å²) in [5, 5.41) is 0. The molecule has 0 N–H and O–H groups in total. The summed E-state index contributed by atoms with van der Waals surface area (Å²) in [7, 11) is 0. The van der Waals surface area contributed by atoms with Gasteiger partial charge in [0.1, 0.15) is 5.82 Å². The highest BCUT2D eigenvalue weighted by Gasteiger charge is 2.26. The standard InChI is InChI=1S/C19H28N4O2/c1-15-17(23-7-3-2-6-18(23)20-15)13-21-8-10-22(11-9-21)19(24)16-5-4-12-25-14-16/h14H,2-13H2,1H3. The van der Waals surface area contributed by atoms with Crippen molar-refractivity contribution in [1.82, 2.24) is 19.4 Å². The average Bonchev–Trinajstić information content (AvgIpc) is 2.98. The quantitative estimate of drug-likeness (QED) is 0.840. The summed E-state index contributed by atoms with van der Waals surface area (Å²) in [5.41, 5.74) is 3.39. The number of amides is 1. The number of piperazine rings is 1. The first-order valence-corrected chi connectivity index (χ1v) is 9.59. The van der Waals surface area contributed by atoms with Crippen LogP contribution >= 0.6 is 0 Å². The SMILES string of the molecule is Cc1nc2n(c1CN1CCN(C(=O)C3=COCCC3)CC1)CCCC2. The molecule has 0 aliphatic carbocycles. The second-order valence-corrected chi connectivity index (χ2v) is 7.35. The van der Waals surface area contributed by atoms with Crippen molar-refractivity contribution in [3.63, 3.8) is 0 Å². The van der Waals surface area contributed by atoms with Gasteiger partial charge in [0.05, 0.1) is 29.8 Å². The molecule has 136 valence electrons. The van der Waals surface area contributed by atoms with Gasteiger partial charge in [-0.15, -0.1) is 0 Å². The van der Waals surface area contributed by atoms with E-state index in [0.29, 0.717) is 0 Å². The van der Waals surface area contributed by atoms with E-state index in [1.807, 2.05) is 4.90 Å². The van der Waals surface area contributed by atoms with E-state index in [9.17, 15) is 4.79 Å². The maximum atomic E-state index is 12.6. The van der Waals surface area contributed by atoms with Crippen LogP contribution in [0.3, 0.4) is 0 Å². The number of rotatable bonds is 3. The third kappa shape index (κ3) is 3.45. The Balaban J connectivity index is 1.36. The molecule has 1 saturated heterocycles. The summed E-state index contributed by atoms with van der Waals surface area (Å²) < 4.78 is 7.75. The number of imidazole rings is 1. The molecular weight excluding hydrogens is 316 g/mol. The molecule has 0 bridgehead atoms. The number of nitrogens with zero attached hydrogens (tertiary/aromatic N) is 4. The minimum Gasteiger partial charge on any atom is -0.501 e. The van der Waals surface area contributed by atoms with Crippen LogP contribution < -0.4 is 0 Å². The van der Waals surface area contributed by atoms with Crippen LogP contribution in [0.4, 0.5) is 0 Å². The molecule has 0 atom stereocenters. The number of aryl methyl sites for hydroxylation is 2. The monoisotopic (exact) mass is 344 g/mol. The van der Waals surface area contributed by atoms with Crippen LogP contribution in [-0.4, -0.2) is 58.0 Å². The van der Waals surface area contributed by atoms with Gasteiger partial charge in [0, 0.05) is 45.7 Å². The van der Waals surface area contributed by atoms with Gasteiger partial charge in [-0.1, -0.05) is 0 Å². The Labute approximate surface area is 149 Å². The number of ether oxygens (including phenoxy) is 1. The molecule has 6 nitrogen and oxygen atoms in total. The third-order valence-electron chi connectivity index (χ3n) is 5.63. The van der Waals surface area contributed by atoms with E-state index in [2.05, 4.69) is 16.4 Å². The molecule has 4 heterocycles. The first kappa shape index (κ1) is 16.6. The summed E-state index contributed by atoms with van der Waals surface area (Å²) in [6, 6.07) is 0. The summed E-state index contributed by atoms with van der Waals surface area (Å²) >= 11 is 0. The Hall–Kier alpha value is -1.82. The van der Waals surface area contributed by atoms with Gasteiger partial charge in [0.2, 0.25) is 0 Å². The zero-order valence-electron chi connectivity index (χ0n) is 15.2. The number of hydrogen-bond donors (Lipinski definition) is 0. The number of fused-ring (bicyclic) bond motifs is 1. The Morgan fingerprint density at radius 3 is 2.72 bits per heavy atom. The van der Waals surface area contributed by atoms with Gasteiger partial charge in [-0.2, -0.15) is 0 Å². The van der Waals surface area contributed by atoms with E-state index in [0.717, 1.165) is 70.7 Å². The summed E-state index contributed by atoms with van der Waals surface area (Å²) in [4.78, 5) is 21.8. The molecule has 0 radical (unpaired) electrons. The molecule has 0 saturated carbocycles. The van der Waals surface area contributed by atoms with Gasteiger partial charge in [0.25, 0.3) is 5.91 Å². The molecule has 0 unspecified atom stereocenters. The van der Waals surface area contributed by atoms with E-state index in [-0.39, 0.29) is 5.91 Å². The molecule has 6 heteroatoms. The summed E-state index contributed by atoms with van der Waals surface area (Å²) in [6.45, 7) is 8.40. The largest absolute Gasteiger partial charge is 0.501 e. The van der Waals surface area contributed by atoms with Crippen LogP contribution in [0, 0.1) is 6.92 Å². The number of aromatic nitrogens is 2. The molecular formula is C19H28N4O2. The smallest absolute Gasteiger partial charge is 0.252 e. The predicted octanol–water partition coefficient (Wildman–Crippen LogP) is 1.87. The first-order valence-electron chi connectivity index (χ1n) is 9.59. The zero-order valence-corrected chi connectivity index (χ0v) is 15.2. The average molecular weight is 344 g/mol. The van der Waals surface area contributed by atoms with Gasteiger partial charge in [-0.3, -0.25) is 9.69 Å². The minimum atomic E-state index is 0.164. The minimum absolute atomic E-state index is 0.164. The van der Waals surface area contributed by atoms with Gasteiger partial charge in [-0.25, -0.2) is 4.98 Å². The Morgan fingerprint density at radius 2 is 1.96 bits per heavy atom. The Morgan fingerprint density at radius 1 is 1.12 bits per heavy atom. The zero-order chi connectivity index (χ0) is 17.2. The van der Waals surface area contributed by atoms with Crippen LogP contribution in [0.25, 0.3) is 0 Å².